The Hall–Kier alpha value is -2.85. The van der Waals surface area contributed by atoms with Crippen molar-refractivity contribution in [3.63, 3.8) is 0 Å². The minimum absolute atomic E-state index is 0.0715. The summed E-state index contributed by atoms with van der Waals surface area (Å²) in [6, 6.07) is 6.61. The molecular formula is C25H28F4N2O4. The number of hydrogen-bond acceptors (Lipinski definition) is 5. The van der Waals surface area contributed by atoms with Crippen molar-refractivity contribution < 1.29 is 36.9 Å². The first kappa shape index (κ1) is 25.2. The maximum Gasteiger partial charge on any atom is 0.416 e. The molecule has 1 amide bonds. The van der Waals surface area contributed by atoms with Crippen LogP contribution in [0.25, 0.3) is 0 Å². The summed E-state index contributed by atoms with van der Waals surface area (Å²) < 4.78 is 64.7. The Bertz CT molecular complexity index is 1090. The number of rotatable bonds is 5. The molecule has 6 nitrogen and oxygen atoms in total. The van der Waals surface area contributed by atoms with Gasteiger partial charge in [0.1, 0.15) is 19.0 Å². The van der Waals surface area contributed by atoms with Crippen LogP contribution in [0.5, 0.6) is 5.75 Å². The van der Waals surface area contributed by atoms with Crippen LogP contribution in [-0.2, 0) is 23.1 Å². The summed E-state index contributed by atoms with van der Waals surface area (Å²) in [7, 11) is 0. The smallest absolute Gasteiger partial charge is 0.416 e. The maximum atomic E-state index is 14.9. The van der Waals surface area contributed by atoms with Crippen molar-refractivity contribution in [2.24, 2.45) is 0 Å². The number of anilines is 1. The van der Waals surface area contributed by atoms with Gasteiger partial charge in [-0.15, -0.1) is 0 Å². The van der Waals surface area contributed by atoms with Gasteiger partial charge in [-0.2, -0.15) is 13.2 Å². The van der Waals surface area contributed by atoms with Crippen molar-refractivity contribution in [1.29, 1.82) is 0 Å². The zero-order valence-corrected chi connectivity index (χ0v) is 19.7. The lowest BCUT2D eigenvalue weighted by atomic mass is 9.79. The molecule has 190 valence electrons. The number of fused-ring (bicyclic) bond motifs is 1. The minimum Gasteiger partial charge on any atom is -0.492 e. The summed E-state index contributed by atoms with van der Waals surface area (Å²) in [4.78, 5) is 13.3. The van der Waals surface area contributed by atoms with Crippen LogP contribution in [0.4, 0.5) is 28.0 Å². The number of alkyl halides is 3. The number of piperidine rings is 1. The van der Waals surface area contributed by atoms with Crippen LogP contribution in [0.1, 0.15) is 50.3 Å². The van der Waals surface area contributed by atoms with E-state index in [1.807, 2.05) is 6.92 Å². The van der Waals surface area contributed by atoms with E-state index in [0.29, 0.717) is 17.5 Å². The van der Waals surface area contributed by atoms with Gasteiger partial charge in [0.2, 0.25) is 0 Å². The number of nitrogens with one attached hydrogen (secondary N) is 1. The fraction of sp³-hybridized carbons (Fsp3) is 0.480. The SMILES string of the molecule is CC1CC(O)(c2ccc(C(F)(F)F)cc2)CC(COc2cc(F)c3c(c2)COC(=O)N3C(C)C)N1. The van der Waals surface area contributed by atoms with Gasteiger partial charge in [0.05, 0.1) is 16.9 Å². The highest BCUT2D eigenvalue weighted by molar-refractivity contribution is 5.91. The molecule has 3 unspecified atom stereocenters. The first-order valence-corrected chi connectivity index (χ1v) is 11.4. The van der Waals surface area contributed by atoms with Crippen LogP contribution >= 0.6 is 0 Å². The molecule has 1 saturated heterocycles. The molecule has 35 heavy (non-hydrogen) atoms. The third kappa shape index (κ3) is 5.23. The summed E-state index contributed by atoms with van der Waals surface area (Å²) in [5.41, 5.74) is -1.05. The number of benzene rings is 2. The van der Waals surface area contributed by atoms with Gasteiger partial charge in [0.25, 0.3) is 0 Å². The largest absolute Gasteiger partial charge is 0.492 e. The van der Waals surface area contributed by atoms with Crippen molar-refractivity contribution in [2.75, 3.05) is 11.5 Å². The molecule has 2 aliphatic heterocycles. The van der Waals surface area contributed by atoms with E-state index in [1.54, 1.807) is 19.9 Å². The first-order valence-electron chi connectivity index (χ1n) is 11.4. The van der Waals surface area contributed by atoms with Crippen LogP contribution in [-0.4, -0.2) is 35.9 Å². The Kier molecular flexibility index (Phi) is 6.72. The average Bonchev–Trinajstić information content (AvgIpc) is 2.77. The molecule has 2 aromatic carbocycles. The normalized spacial score (nSPS) is 24.8. The van der Waals surface area contributed by atoms with Crippen LogP contribution in [0.15, 0.2) is 36.4 Å². The number of hydrogen-bond donors (Lipinski definition) is 2. The van der Waals surface area contributed by atoms with Gasteiger partial charge in [-0.05, 0) is 57.4 Å². The predicted octanol–water partition coefficient (Wildman–Crippen LogP) is 5.12. The molecule has 2 N–H and O–H groups in total. The van der Waals surface area contributed by atoms with Crippen molar-refractivity contribution in [3.8, 4) is 5.75 Å². The quantitative estimate of drug-likeness (QED) is 0.563. The van der Waals surface area contributed by atoms with E-state index >= 15 is 0 Å². The van der Waals surface area contributed by atoms with Gasteiger partial charge in [0.15, 0.2) is 5.82 Å². The fourth-order valence-electron chi connectivity index (χ4n) is 4.89. The van der Waals surface area contributed by atoms with Crippen molar-refractivity contribution >= 4 is 11.8 Å². The molecular weight excluding hydrogens is 468 g/mol. The molecule has 2 aromatic rings. The topological polar surface area (TPSA) is 71.0 Å². The Morgan fingerprint density at radius 1 is 1.23 bits per heavy atom. The Labute approximate surface area is 200 Å². The highest BCUT2D eigenvalue weighted by atomic mass is 19.4. The monoisotopic (exact) mass is 496 g/mol. The summed E-state index contributed by atoms with van der Waals surface area (Å²) in [6.45, 7) is 5.41. The van der Waals surface area contributed by atoms with E-state index < -0.39 is 29.3 Å². The number of carbonyl (C=O) groups is 1. The number of halogens is 4. The summed E-state index contributed by atoms with van der Waals surface area (Å²) in [5, 5.41) is 14.6. The van der Waals surface area contributed by atoms with Gasteiger partial charge in [0, 0.05) is 29.8 Å². The summed E-state index contributed by atoms with van der Waals surface area (Å²) in [5.74, 6) is -0.352. The van der Waals surface area contributed by atoms with E-state index in [-0.39, 0.29) is 49.2 Å². The number of aliphatic hydroxyl groups is 1. The number of cyclic esters (lactones) is 1. The van der Waals surface area contributed by atoms with Gasteiger partial charge in [-0.3, -0.25) is 4.90 Å². The molecule has 1 fully saturated rings. The van der Waals surface area contributed by atoms with Crippen LogP contribution in [0, 0.1) is 5.82 Å². The van der Waals surface area contributed by atoms with Crippen molar-refractivity contribution in [3.05, 3.63) is 58.9 Å². The Balaban J connectivity index is 1.48. The molecule has 0 bridgehead atoms. The summed E-state index contributed by atoms with van der Waals surface area (Å²) in [6.07, 6.45) is -4.54. The molecule has 0 aromatic heterocycles. The zero-order chi connectivity index (χ0) is 25.5. The Morgan fingerprint density at radius 3 is 2.54 bits per heavy atom. The second-order valence-corrected chi connectivity index (χ2v) is 9.52. The molecule has 0 spiro atoms. The predicted molar refractivity (Wildman–Crippen MR) is 121 cm³/mol. The molecule has 2 aliphatic rings. The minimum atomic E-state index is -4.45. The lowest BCUT2D eigenvalue weighted by molar-refractivity contribution is -0.137. The zero-order valence-electron chi connectivity index (χ0n) is 19.7. The fourth-order valence-corrected chi connectivity index (χ4v) is 4.89. The standard InChI is InChI=1S/C25H28F4N2O4/c1-14(2)31-22-16(12-35-23(31)32)8-20(9-21(22)26)34-13-19-11-24(33,10-15(3)30-19)17-4-6-18(7-5-17)25(27,28)29/h4-9,14-15,19,30,33H,10-13H2,1-3H3. The lowest BCUT2D eigenvalue weighted by Gasteiger charge is -2.41. The highest BCUT2D eigenvalue weighted by Gasteiger charge is 2.40. The Morgan fingerprint density at radius 2 is 1.91 bits per heavy atom. The molecule has 0 saturated carbocycles. The summed E-state index contributed by atoms with van der Waals surface area (Å²) >= 11 is 0. The first-order chi connectivity index (χ1) is 16.4. The van der Waals surface area contributed by atoms with Crippen LogP contribution in [0.3, 0.4) is 0 Å². The van der Waals surface area contributed by atoms with Gasteiger partial charge in [-0.25, -0.2) is 9.18 Å². The van der Waals surface area contributed by atoms with E-state index in [9.17, 15) is 27.5 Å². The molecule has 0 aliphatic carbocycles. The average molecular weight is 497 g/mol. The molecule has 10 heteroatoms. The maximum absolute atomic E-state index is 14.9. The third-order valence-electron chi connectivity index (χ3n) is 6.37. The number of carbonyl (C=O) groups excluding carboxylic acids is 1. The molecule has 4 rings (SSSR count). The molecule has 2 heterocycles. The molecule has 0 radical (unpaired) electrons. The lowest BCUT2D eigenvalue weighted by Crippen LogP contribution is -2.53. The highest BCUT2D eigenvalue weighted by Crippen LogP contribution is 2.38. The second kappa shape index (κ2) is 9.31. The van der Waals surface area contributed by atoms with E-state index in [0.717, 1.165) is 12.1 Å². The van der Waals surface area contributed by atoms with Gasteiger partial charge < -0.3 is 19.9 Å². The second-order valence-electron chi connectivity index (χ2n) is 9.52. The van der Waals surface area contributed by atoms with Gasteiger partial charge >= 0.3 is 12.3 Å². The van der Waals surface area contributed by atoms with Crippen molar-refractivity contribution in [2.45, 2.75) is 70.1 Å². The number of ether oxygens (including phenoxy) is 2. The van der Waals surface area contributed by atoms with E-state index in [4.69, 9.17) is 9.47 Å². The third-order valence-corrected chi connectivity index (χ3v) is 6.37. The number of amides is 1. The van der Waals surface area contributed by atoms with E-state index in [2.05, 4.69) is 5.32 Å². The van der Waals surface area contributed by atoms with Crippen molar-refractivity contribution in [1.82, 2.24) is 5.32 Å². The molecule has 3 atom stereocenters. The van der Waals surface area contributed by atoms with Crippen LogP contribution < -0.4 is 15.0 Å². The van der Waals surface area contributed by atoms with Crippen LogP contribution in [0.2, 0.25) is 0 Å². The van der Waals surface area contributed by atoms with Gasteiger partial charge in [-0.1, -0.05) is 12.1 Å². The number of nitrogens with zero attached hydrogens (tertiary/aromatic N) is 1. The van der Waals surface area contributed by atoms with E-state index in [1.165, 1.54) is 23.1 Å².